The van der Waals surface area contributed by atoms with Crippen molar-refractivity contribution in [1.29, 1.82) is 0 Å². The molecule has 0 bridgehead atoms. The van der Waals surface area contributed by atoms with Gasteiger partial charge in [0.05, 0.1) is 0 Å². The molecule has 1 atom stereocenters. The molecule has 0 aromatic rings. The first-order valence-corrected chi connectivity index (χ1v) is 8.27. The first-order valence-electron chi connectivity index (χ1n) is 8.27. The normalized spacial score (nSPS) is 24.2. The first kappa shape index (κ1) is 14.3. The van der Waals surface area contributed by atoms with E-state index in [0.717, 1.165) is 18.4 Å². The van der Waals surface area contributed by atoms with Crippen LogP contribution in [0.15, 0.2) is 0 Å². The number of rotatable bonds is 7. The van der Waals surface area contributed by atoms with Gasteiger partial charge in [-0.1, -0.05) is 45.4 Å². The van der Waals surface area contributed by atoms with Crippen molar-refractivity contribution in [1.82, 2.24) is 4.90 Å². The molecule has 0 aliphatic heterocycles. The summed E-state index contributed by atoms with van der Waals surface area (Å²) in [5.74, 6) is 1.94. The van der Waals surface area contributed by atoms with Gasteiger partial charge >= 0.3 is 0 Å². The second kappa shape index (κ2) is 7.49. The molecule has 0 aromatic carbocycles. The van der Waals surface area contributed by atoms with Crippen molar-refractivity contribution in [3.8, 4) is 0 Å². The molecule has 0 heterocycles. The Labute approximate surface area is 113 Å². The monoisotopic (exact) mass is 252 g/mol. The number of nitrogens with zero attached hydrogens (tertiary/aromatic N) is 1. The van der Waals surface area contributed by atoms with Crippen LogP contribution in [0.5, 0.6) is 0 Å². The molecule has 0 amide bonds. The van der Waals surface area contributed by atoms with Gasteiger partial charge in [-0.05, 0) is 37.6 Å². The van der Waals surface area contributed by atoms with E-state index in [1.807, 2.05) is 0 Å². The molecule has 2 aliphatic rings. The van der Waals surface area contributed by atoms with Crippen molar-refractivity contribution in [2.24, 2.45) is 17.6 Å². The minimum absolute atomic E-state index is 0.652. The molecular formula is C16H32N2. The van der Waals surface area contributed by atoms with Crippen LogP contribution >= 0.6 is 0 Å². The summed E-state index contributed by atoms with van der Waals surface area (Å²) in [6.45, 7) is 5.66. The highest BCUT2D eigenvalue weighted by Crippen LogP contribution is 2.31. The number of hydrogen-bond donors (Lipinski definition) is 1. The second-order valence-electron chi connectivity index (χ2n) is 6.51. The maximum atomic E-state index is 6.06. The zero-order valence-electron chi connectivity index (χ0n) is 12.2. The SMILES string of the molecule is CCN(CC1CCC1)C(CN)CC1CCCCC1. The van der Waals surface area contributed by atoms with Crippen LogP contribution in [0.3, 0.4) is 0 Å². The Morgan fingerprint density at radius 3 is 2.17 bits per heavy atom. The molecule has 0 radical (unpaired) electrons. The highest BCUT2D eigenvalue weighted by molar-refractivity contribution is 4.81. The van der Waals surface area contributed by atoms with Gasteiger partial charge in [0, 0.05) is 19.1 Å². The van der Waals surface area contributed by atoms with E-state index in [0.29, 0.717) is 6.04 Å². The van der Waals surface area contributed by atoms with Gasteiger partial charge in [-0.2, -0.15) is 0 Å². The molecule has 106 valence electrons. The van der Waals surface area contributed by atoms with Crippen LogP contribution in [0.4, 0.5) is 0 Å². The standard InChI is InChI=1S/C16H32N2/c1-2-18(13-15-9-6-10-15)16(12-17)11-14-7-4-3-5-8-14/h14-16H,2-13,17H2,1H3. The number of hydrogen-bond acceptors (Lipinski definition) is 2. The Balaban J connectivity index is 1.79. The molecule has 0 spiro atoms. The Kier molecular flexibility index (Phi) is 5.97. The number of nitrogens with two attached hydrogens (primary N) is 1. The highest BCUT2D eigenvalue weighted by atomic mass is 15.2. The Bertz CT molecular complexity index is 219. The van der Waals surface area contributed by atoms with Crippen molar-refractivity contribution < 1.29 is 0 Å². The molecule has 1 unspecified atom stereocenters. The van der Waals surface area contributed by atoms with Gasteiger partial charge in [-0.15, -0.1) is 0 Å². The zero-order valence-corrected chi connectivity index (χ0v) is 12.2. The topological polar surface area (TPSA) is 29.3 Å². The molecule has 2 fully saturated rings. The molecule has 2 saturated carbocycles. The zero-order chi connectivity index (χ0) is 12.8. The maximum absolute atomic E-state index is 6.06. The first-order chi connectivity index (χ1) is 8.83. The molecule has 2 heteroatoms. The minimum Gasteiger partial charge on any atom is -0.329 e. The second-order valence-corrected chi connectivity index (χ2v) is 6.51. The summed E-state index contributed by atoms with van der Waals surface area (Å²) in [6.07, 6.45) is 13.0. The van der Waals surface area contributed by atoms with Crippen molar-refractivity contribution in [3.63, 3.8) is 0 Å². The lowest BCUT2D eigenvalue weighted by Crippen LogP contribution is -2.45. The van der Waals surface area contributed by atoms with E-state index < -0.39 is 0 Å². The van der Waals surface area contributed by atoms with E-state index in [1.54, 1.807) is 0 Å². The summed E-state index contributed by atoms with van der Waals surface area (Å²) in [5, 5.41) is 0. The summed E-state index contributed by atoms with van der Waals surface area (Å²) in [6, 6.07) is 0.652. The van der Waals surface area contributed by atoms with Gasteiger partial charge in [0.15, 0.2) is 0 Å². The summed E-state index contributed by atoms with van der Waals surface area (Å²) in [4.78, 5) is 2.68. The van der Waals surface area contributed by atoms with Crippen LogP contribution in [-0.4, -0.2) is 30.6 Å². The van der Waals surface area contributed by atoms with E-state index in [2.05, 4.69) is 11.8 Å². The molecule has 2 aliphatic carbocycles. The molecule has 18 heavy (non-hydrogen) atoms. The predicted molar refractivity (Wildman–Crippen MR) is 78.6 cm³/mol. The quantitative estimate of drug-likeness (QED) is 0.752. The fourth-order valence-electron chi connectivity index (χ4n) is 3.75. The maximum Gasteiger partial charge on any atom is 0.0221 e. The van der Waals surface area contributed by atoms with Gasteiger partial charge in [0.1, 0.15) is 0 Å². The van der Waals surface area contributed by atoms with Crippen LogP contribution in [0.1, 0.15) is 64.7 Å². The predicted octanol–water partition coefficient (Wildman–Crippen LogP) is 3.41. The molecular weight excluding hydrogens is 220 g/mol. The van der Waals surface area contributed by atoms with Gasteiger partial charge in [0.2, 0.25) is 0 Å². The number of likely N-dealkylation sites (N-methyl/N-ethyl adjacent to an activating group) is 1. The van der Waals surface area contributed by atoms with Crippen LogP contribution in [-0.2, 0) is 0 Å². The third-order valence-electron chi connectivity index (χ3n) is 5.24. The Morgan fingerprint density at radius 1 is 1.00 bits per heavy atom. The fourth-order valence-corrected chi connectivity index (χ4v) is 3.75. The largest absolute Gasteiger partial charge is 0.329 e. The molecule has 0 aromatic heterocycles. The van der Waals surface area contributed by atoms with Gasteiger partial charge in [-0.3, -0.25) is 4.90 Å². The summed E-state index contributed by atoms with van der Waals surface area (Å²) in [5.41, 5.74) is 6.06. The Hall–Kier alpha value is -0.0800. The van der Waals surface area contributed by atoms with E-state index in [1.165, 1.54) is 70.9 Å². The lowest BCUT2D eigenvalue weighted by Gasteiger charge is -2.38. The average Bonchev–Trinajstić information content (AvgIpc) is 2.37. The minimum atomic E-state index is 0.652. The third-order valence-corrected chi connectivity index (χ3v) is 5.24. The van der Waals surface area contributed by atoms with E-state index >= 15 is 0 Å². The highest BCUT2D eigenvalue weighted by Gasteiger charge is 2.26. The van der Waals surface area contributed by atoms with Crippen LogP contribution in [0, 0.1) is 11.8 Å². The fraction of sp³-hybridized carbons (Fsp3) is 1.00. The molecule has 2 N–H and O–H groups in total. The van der Waals surface area contributed by atoms with E-state index in [9.17, 15) is 0 Å². The summed E-state index contributed by atoms with van der Waals surface area (Å²) in [7, 11) is 0. The van der Waals surface area contributed by atoms with Gasteiger partial charge < -0.3 is 5.73 Å². The van der Waals surface area contributed by atoms with Crippen molar-refractivity contribution in [3.05, 3.63) is 0 Å². The summed E-state index contributed by atoms with van der Waals surface area (Å²) >= 11 is 0. The van der Waals surface area contributed by atoms with Crippen molar-refractivity contribution in [2.45, 2.75) is 70.8 Å². The van der Waals surface area contributed by atoms with E-state index in [-0.39, 0.29) is 0 Å². The summed E-state index contributed by atoms with van der Waals surface area (Å²) < 4.78 is 0. The van der Waals surface area contributed by atoms with Crippen LogP contribution in [0.25, 0.3) is 0 Å². The average molecular weight is 252 g/mol. The molecule has 2 nitrogen and oxygen atoms in total. The van der Waals surface area contributed by atoms with Crippen LogP contribution < -0.4 is 5.73 Å². The van der Waals surface area contributed by atoms with Crippen molar-refractivity contribution >= 4 is 0 Å². The lowest BCUT2D eigenvalue weighted by molar-refractivity contribution is 0.119. The Morgan fingerprint density at radius 2 is 1.67 bits per heavy atom. The smallest absolute Gasteiger partial charge is 0.0221 e. The molecule has 0 saturated heterocycles. The van der Waals surface area contributed by atoms with Crippen LogP contribution in [0.2, 0.25) is 0 Å². The van der Waals surface area contributed by atoms with Crippen molar-refractivity contribution in [2.75, 3.05) is 19.6 Å². The molecule has 2 rings (SSSR count). The lowest BCUT2D eigenvalue weighted by atomic mass is 9.82. The van der Waals surface area contributed by atoms with Gasteiger partial charge in [-0.25, -0.2) is 0 Å². The third kappa shape index (κ3) is 3.96. The van der Waals surface area contributed by atoms with Gasteiger partial charge in [0.25, 0.3) is 0 Å². The van der Waals surface area contributed by atoms with E-state index in [4.69, 9.17) is 5.73 Å².